The number of hydrogen-bond acceptors (Lipinski definition) is 8. The zero-order valence-corrected chi connectivity index (χ0v) is 19.4. The topological polar surface area (TPSA) is 108 Å². The van der Waals surface area contributed by atoms with E-state index in [0.717, 1.165) is 54.2 Å². The minimum atomic E-state index is -1.09. The highest BCUT2D eigenvalue weighted by molar-refractivity contribution is 7.85. The number of hydrogen-bond donors (Lipinski definition) is 1. The standard InChI is InChI=1S/C24H27N7OS/c25-10-9-24(7-1-8-24)30-22-20-19(6-13-33(20)32)28-23(29-22)31-11-4-17(5-12-31)21-26-14-18(15-27-21)16-2-3-16/h4,14-16H,1-3,5-9,11-13H2,(H,28,29,30). The Balaban J connectivity index is 1.24. The maximum atomic E-state index is 12.7. The molecule has 4 heterocycles. The van der Waals surface area contributed by atoms with E-state index in [4.69, 9.17) is 9.97 Å². The van der Waals surface area contributed by atoms with E-state index in [9.17, 15) is 9.47 Å². The lowest BCUT2D eigenvalue weighted by molar-refractivity contribution is 0.282. The second kappa shape index (κ2) is 8.17. The van der Waals surface area contributed by atoms with Crippen molar-refractivity contribution in [1.82, 2.24) is 19.9 Å². The van der Waals surface area contributed by atoms with Crippen LogP contribution in [0.15, 0.2) is 23.4 Å². The first kappa shape index (κ1) is 20.7. The van der Waals surface area contributed by atoms with Crippen LogP contribution >= 0.6 is 0 Å². The Labute approximate surface area is 196 Å². The fourth-order valence-corrected chi connectivity index (χ4v) is 6.25. The van der Waals surface area contributed by atoms with E-state index in [1.54, 1.807) is 0 Å². The molecular weight excluding hydrogens is 434 g/mol. The first-order valence-corrected chi connectivity index (χ1v) is 13.2. The van der Waals surface area contributed by atoms with Gasteiger partial charge in [0, 0.05) is 37.7 Å². The van der Waals surface area contributed by atoms with Gasteiger partial charge in [0.05, 0.1) is 34.5 Å². The molecule has 6 rings (SSSR count). The van der Waals surface area contributed by atoms with Gasteiger partial charge in [-0.3, -0.25) is 4.21 Å². The molecule has 33 heavy (non-hydrogen) atoms. The van der Waals surface area contributed by atoms with E-state index >= 15 is 0 Å². The maximum Gasteiger partial charge on any atom is 0.227 e. The Bertz CT molecular complexity index is 1180. The number of nitrogens with zero attached hydrogens (tertiary/aromatic N) is 6. The number of rotatable bonds is 6. The largest absolute Gasteiger partial charge is 0.362 e. The molecule has 2 saturated carbocycles. The molecule has 0 saturated heterocycles. The molecule has 1 unspecified atom stereocenters. The lowest BCUT2D eigenvalue weighted by Gasteiger charge is -2.41. The van der Waals surface area contributed by atoms with Crippen molar-refractivity contribution in [3.8, 4) is 6.07 Å². The molecule has 2 aromatic rings. The molecule has 4 aliphatic rings. The van der Waals surface area contributed by atoms with Gasteiger partial charge in [-0.25, -0.2) is 15.0 Å². The third-order valence-electron chi connectivity index (χ3n) is 7.29. The molecule has 170 valence electrons. The van der Waals surface area contributed by atoms with Crippen LogP contribution < -0.4 is 10.2 Å². The van der Waals surface area contributed by atoms with Gasteiger partial charge in [0.15, 0.2) is 5.82 Å². The lowest BCUT2D eigenvalue weighted by atomic mass is 9.74. The Morgan fingerprint density at radius 2 is 2.03 bits per heavy atom. The minimum Gasteiger partial charge on any atom is -0.362 e. The van der Waals surface area contributed by atoms with E-state index in [0.29, 0.717) is 42.8 Å². The van der Waals surface area contributed by atoms with Crippen molar-refractivity contribution in [3.63, 3.8) is 0 Å². The van der Waals surface area contributed by atoms with Gasteiger partial charge in [-0.1, -0.05) is 6.08 Å². The zero-order valence-electron chi connectivity index (χ0n) is 18.6. The summed E-state index contributed by atoms with van der Waals surface area (Å²) in [6.45, 7) is 1.47. The molecule has 9 heteroatoms. The highest BCUT2D eigenvalue weighted by Crippen LogP contribution is 2.41. The van der Waals surface area contributed by atoms with Crippen molar-refractivity contribution in [2.24, 2.45) is 0 Å². The molecule has 0 aromatic carbocycles. The van der Waals surface area contributed by atoms with Crippen LogP contribution in [-0.4, -0.2) is 48.5 Å². The summed E-state index contributed by atoms with van der Waals surface area (Å²) in [4.78, 5) is 21.8. The van der Waals surface area contributed by atoms with Gasteiger partial charge in [0.1, 0.15) is 10.7 Å². The molecule has 0 amide bonds. The van der Waals surface area contributed by atoms with Crippen LogP contribution in [0.1, 0.15) is 67.9 Å². The van der Waals surface area contributed by atoms with E-state index in [1.165, 1.54) is 18.4 Å². The van der Waals surface area contributed by atoms with Crippen molar-refractivity contribution in [1.29, 1.82) is 5.26 Å². The van der Waals surface area contributed by atoms with Crippen molar-refractivity contribution >= 4 is 28.1 Å². The highest BCUT2D eigenvalue weighted by atomic mass is 32.2. The molecule has 2 aliphatic carbocycles. The van der Waals surface area contributed by atoms with Crippen LogP contribution in [0.25, 0.3) is 5.57 Å². The van der Waals surface area contributed by atoms with Crippen molar-refractivity contribution in [2.75, 3.05) is 29.1 Å². The molecular formula is C24H27N7OS. The summed E-state index contributed by atoms with van der Waals surface area (Å²) in [6.07, 6.45) is 13.6. The third kappa shape index (κ3) is 3.90. The number of nitrogens with one attached hydrogen (secondary N) is 1. The van der Waals surface area contributed by atoms with Crippen LogP contribution in [0, 0.1) is 11.3 Å². The average Bonchev–Trinajstić information content (AvgIpc) is 3.60. The van der Waals surface area contributed by atoms with Gasteiger partial charge in [-0.2, -0.15) is 10.2 Å². The summed E-state index contributed by atoms with van der Waals surface area (Å²) in [5.41, 5.74) is 3.04. The van der Waals surface area contributed by atoms with E-state index < -0.39 is 10.8 Å². The van der Waals surface area contributed by atoms with Crippen LogP contribution in [0.5, 0.6) is 0 Å². The number of nitriles is 1. The summed E-state index contributed by atoms with van der Waals surface area (Å²) in [5, 5.41) is 12.8. The first-order valence-electron chi connectivity index (χ1n) is 11.8. The smallest absolute Gasteiger partial charge is 0.227 e. The van der Waals surface area contributed by atoms with Crippen molar-refractivity contribution < 1.29 is 4.21 Å². The fraction of sp³-hybridized carbons (Fsp3) is 0.542. The minimum absolute atomic E-state index is 0.250. The van der Waals surface area contributed by atoms with Gasteiger partial charge in [0.25, 0.3) is 0 Å². The average molecular weight is 462 g/mol. The first-order chi connectivity index (χ1) is 16.1. The SMILES string of the molecule is N#CCC1(Nc2nc(N3CC=C(c4ncc(C5CC5)cn4)CC3)nc3c2S(=O)CC3)CCC1. The van der Waals surface area contributed by atoms with E-state index in [2.05, 4.69) is 32.3 Å². The quantitative estimate of drug-likeness (QED) is 0.698. The summed E-state index contributed by atoms with van der Waals surface area (Å²) in [6, 6.07) is 2.31. The van der Waals surface area contributed by atoms with Gasteiger partial charge >= 0.3 is 0 Å². The van der Waals surface area contributed by atoms with Crippen LogP contribution in [-0.2, 0) is 17.2 Å². The van der Waals surface area contributed by atoms with Crippen LogP contribution in [0.3, 0.4) is 0 Å². The normalized spacial score (nSPS) is 23.3. The Morgan fingerprint density at radius 3 is 2.67 bits per heavy atom. The Kier molecular flexibility index (Phi) is 5.13. The summed E-state index contributed by atoms with van der Waals surface area (Å²) >= 11 is 0. The van der Waals surface area contributed by atoms with Crippen LogP contribution in [0.2, 0.25) is 0 Å². The molecule has 2 fully saturated rings. The fourth-order valence-electron chi connectivity index (χ4n) is 4.95. The zero-order chi connectivity index (χ0) is 22.4. The summed E-state index contributed by atoms with van der Waals surface area (Å²) < 4.78 is 12.7. The second-order valence-corrected chi connectivity index (χ2v) is 11.1. The maximum absolute atomic E-state index is 12.7. The molecule has 0 radical (unpaired) electrons. The Hall–Kier alpha value is -2.86. The molecule has 0 bridgehead atoms. The molecule has 8 nitrogen and oxygen atoms in total. The van der Waals surface area contributed by atoms with Gasteiger partial charge in [-0.15, -0.1) is 0 Å². The number of anilines is 2. The lowest BCUT2D eigenvalue weighted by Crippen LogP contribution is -2.45. The van der Waals surface area contributed by atoms with E-state index in [-0.39, 0.29) is 5.54 Å². The van der Waals surface area contributed by atoms with Crippen LogP contribution in [0.4, 0.5) is 11.8 Å². The van der Waals surface area contributed by atoms with Gasteiger partial charge in [0.2, 0.25) is 5.95 Å². The van der Waals surface area contributed by atoms with Crippen molar-refractivity contribution in [2.45, 2.75) is 67.7 Å². The number of aryl methyl sites for hydroxylation is 1. The summed E-state index contributed by atoms with van der Waals surface area (Å²) in [7, 11) is -1.09. The third-order valence-corrected chi connectivity index (χ3v) is 8.75. The number of fused-ring (bicyclic) bond motifs is 1. The predicted molar refractivity (Wildman–Crippen MR) is 126 cm³/mol. The molecule has 0 spiro atoms. The van der Waals surface area contributed by atoms with E-state index in [1.807, 2.05) is 12.4 Å². The molecule has 1 atom stereocenters. The molecule has 1 N–H and O–H groups in total. The van der Waals surface area contributed by atoms with Gasteiger partial charge in [-0.05, 0) is 55.6 Å². The molecule has 2 aromatic heterocycles. The van der Waals surface area contributed by atoms with Crippen molar-refractivity contribution in [3.05, 3.63) is 35.6 Å². The Morgan fingerprint density at radius 1 is 1.21 bits per heavy atom. The molecule has 2 aliphatic heterocycles. The monoisotopic (exact) mass is 461 g/mol. The highest BCUT2D eigenvalue weighted by Gasteiger charge is 2.39. The summed E-state index contributed by atoms with van der Waals surface area (Å²) in [5.74, 6) is 3.40. The van der Waals surface area contributed by atoms with Gasteiger partial charge < -0.3 is 10.2 Å². The second-order valence-electron chi connectivity index (χ2n) is 9.58. The number of aromatic nitrogens is 4. The predicted octanol–water partition coefficient (Wildman–Crippen LogP) is 3.35.